The third-order valence-corrected chi connectivity index (χ3v) is 4.81. The summed E-state index contributed by atoms with van der Waals surface area (Å²) >= 11 is 0. The van der Waals surface area contributed by atoms with Crippen molar-refractivity contribution in [3.8, 4) is 0 Å². The first-order valence-electron chi connectivity index (χ1n) is 6.53. The van der Waals surface area contributed by atoms with E-state index in [9.17, 15) is 4.57 Å². The second-order valence-electron chi connectivity index (χ2n) is 5.53. The van der Waals surface area contributed by atoms with Crippen LogP contribution in [-0.2, 0) is 9.09 Å². The van der Waals surface area contributed by atoms with E-state index in [1.165, 1.54) is 6.42 Å². The van der Waals surface area contributed by atoms with Crippen LogP contribution in [0.3, 0.4) is 0 Å². The summed E-state index contributed by atoms with van der Waals surface area (Å²) in [5.74, 6) is 0.458. The van der Waals surface area contributed by atoms with Crippen molar-refractivity contribution >= 4 is 7.82 Å². The van der Waals surface area contributed by atoms with Crippen molar-refractivity contribution in [2.24, 2.45) is 11.3 Å². The molecule has 3 unspecified atom stereocenters. The quantitative estimate of drug-likeness (QED) is 0.746. The molecule has 2 N–H and O–H groups in total. The van der Waals surface area contributed by atoms with Crippen LogP contribution in [0.2, 0.25) is 0 Å². The van der Waals surface area contributed by atoms with Gasteiger partial charge in [0.25, 0.3) is 0 Å². The van der Waals surface area contributed by atoms with Gasteiger partial charge in [-0.25, -0.2) is 4.57 Å². The Morgan fingerprint density at radius 2 is 2.12 bits per heavy atom. The Morgan fingerprint density at radius 1 is 1.47 bits per heavy atom. The van der Waals surface area contributed by atoms with Crippen molar-refractivity contribution in [2.45, 2.75) is 65.4 Å². The second-order valence-corrected chi connectivity index (χ2v) is 6.72. The maximum absolute atomic E-state index is 11.1. The molecule has 0 amide bonds. The maximum Gasteiger partial charge on any atom is 0.469 e. The summed E-state index contributed by atoms with van der Waals surface area (Å²) in [7, 11) is -4.39. The van der Waals surface area contributed by atoms with Crippen LogP contribution in [0.15, 0.2) is 0 Å². The Bertz CT molecular complexity index is 288. The molecule has 3 atom stereocenters. The molecule has 0 aromatic heterocycles. The predicted octanol–water partition coefficient (Wildman–Crippen LogP) is 3.48. The van der Waals surface area contributed by atoms with E-state index in [0.29, 0.717) is 12.3 Å². The summed E-state index contributed by atoms with van der Waals surface area (Å²) in [4.78, 5) is 18.1. The molecule has 0 spiro atoms. The molecule has 1 aliphatic rings. The fourth-order valence-electron chi connectivity index (χ4n) is 2.94. The highest BCUT2D eigenvalue weighted by Gasteiger charge is 2.43. The van der Waals surface area contributed by atoms with Crippen LogP contribution in [-0.4, -0.2) is 15.9 Å². The number of phosphoric acid groups is 1. The average Bonchev–Trinajstić information content (AvgIpc) is 2.20. The van der Waals surface area contributed by atoms with Crippen LogP contribution in [0, 0.1) is 11.3 Å². The Hall–Kier alpha value is 0.110. The number of rotatable bonds is 5. The lowest BCUT2D eigenvalue weighted by Crippen LogP contribution is -2.41. The molecular formula is C12H25O4P. The Balaban J connectivity index is 2.83. The minimum atomic E-state index is -4.39. The minimum Gasteiger partial charge on any atom is -0.303 e. The first-order valence-corrected chi connectivity index (χ1v) is 8.06. The van der Waals surface area contributed by atoms with Crippen LogP contribution in [0.1, 0.15) is 59.3 Å². The van der Waals surface area contributed by atoms with Gasteiger partial charge in [0.05, 0.1) is 6.10 Å². The van der Waals surface area contributed by atoms with Crippen molar-refractivity contribution in [1.29, 1.82) is 0 Å². The van der Waals surface area contributed by atoms with E-state index in [-0.39, 0.29) is 11.5 Å². The number of phosphoric ester groups is 1. The lowest BCUT2D eigenvalue weighted by Gasteiger charge is -2.45. The molecule has 0 aromatic carbocycles. The number of hydrogen-bond donors (Lipinski definition) is 2. The molecule has 1 saturated carbocycles. The highest BCUT2D eigenvalue weighted by atomic mass is 31.2. The van der Waals surface area contributed by atoms with Crippen LogP contribution in [0.5, 0.6) is 0 Å². The van der Waals surface area contributed by atoms with Crippen LogP contribution >= 0.6 is 7.82 Å². The van der Waals surface area contributed by atoms with E-state index >= 15 is 0 Å². The standard InChI is InChI=1S/C12H25O4P/c1-4-7-11(16-17(13,14)15)12(3)9-6-5-8-10(12)2/h10-11H,4-9H2,1-3H3,(H2,13,14,15). The lowest BCUT2D eigenvalue weighted by atomic mass is 9.64. The third-order valence-electron chi connectivity index (χ3n) is 4.28. The van der Waals surface area contributed by atoms with Gasteiger partial charge < -0.3 is 9.79 Å². The molecule has 0 radical (unpaired) electrons. The molecule has 0 aromatic rings. The van der Waals surface area contributed by atoms with Gasteiger partial charge in [0.15, 0.2) is 0 Å². The van der Waals surface area contributed by atoms with Gasteiger partial charge in [0.2, 0.25) is 0 Å². The largest absolute Gasteiger partial charge is 0.469 e. The van der Waals surface area contributed by atoms with Gasteiger partial charge in [0.1, 0.15) is 0 Å². The molecular weight excluding hydrogens is 239 g/mol. The van der Waals surface area contributed by atoms with Gasteiger partial charge in [-0.2, -0.15) is 0 Å². The van der Waals surface area contributed by atoms with Crippen molar-refractivity contribution in [3.05, 3.63) is 0 Å². The van der Waals surface area contributed by atoms with E-state index in [1.807, 2.05) is 6.92 Å². The Kier molecular flexibility index (Phi) is 5.21. The second kappa shape index (κ2) is 5.83. The van der Waals surface area contributed by atoms with Crippen molar-refractivity contribution in [3.63, 3.8) is 0 Å². The van der Waals surface area contributed by atoms with E-state index < -0.39 is 7.82 Å². The zero-order valence-electron chi connectivity index (χ0n) is 11.1. The van der Waals surface area contributed by atoms with Crippen molar-refractivity contribution in [2.75, 3.05) is 0 Å². The molecule has 5 heteroatoms. The average molecular weight is 264 g/mol. The molecule has 17 heavy (non-hydrogen) atoms. The molecule has 1 fully saturated rings. The predicted molar refractivity (Wildman–Crippen MR) is 67.6 cm³/mol. The highest BCUT2D eigenvalue weighted by Crippen LogP contribution is 2.51. The summed E-state index contributed by atoms with van der Waals surface area (Å²) in [6.45, 7) is 6.31. The van der Waals surface area contributed by atoms with Gasteiger partial charge in [0, 0.05) is 0 Å². The van der Waals surface area contributed by atoms with E-state index in [4.69, 9.17) is 14.3 Å². The molecule has 0 aliphatic heterocycles. The van der Waals surface area contributed by atoms with Gasteiger partial charge >= 0.3 is 7.82 Å². The van der Waals surface area contributed by atoms with Gasteiger partial charge in [-0.1, -0.05) is 46.5 Å². The van der Waals surface area contributed by atoms with Crippen molar-refractivity contribution < 1.29 is 18.9 Å². The summed E-state index contributed by atoms with van der Waals surface area (Å²) in [6, 6.07) is 0. The first-order chi connectivity index (χ1) is 7.79. The number of hydrogen-bond acceptors (Lipinski definition) is 2. The Labute approximate surface area is 104 Å². The summed E-state index contributed by atoms with van der Waals surface area (Å²) < 4.78 is 16.1. The van der Waals surface area contributed by atoms with Crippen LogP contribution < -0.4 is 0 Å². The van der Waals surface area contributed by atoms with E-state index in [1.54, 1.807) is 0 Å². The highest BCUT2D eigenvalue weighted by molar-refractivity contribution is 7.46. The van der Waals surface area contributed by atoms with Crippen LogP contribution in [0.25, 0.3) is 0 Å². The Morgan fingerprint density at radius 3 is 2.59 bits per heavy atom. The molecule has 102 valence electrons. The fraction of sp³-hybridized carbons (Fsp3) is 1.00. The summed E-state index contributed by atoms with van der Waals surface area (Å²) in [5.41, 5.74) is -0.102. The molecule has 0 bridgehead atoms. The third kappa shape index (κ3) is 4.06. The SMILES string of the molecule is CCCC(OP(=O)(O)O)C1(C)CCCCC1C. The molecule has 1 rings (SSSR count). The smallest absolute Gasteiger partial charge is 0.303 e. The topological polar surface area (TPSA) is 66.8 Å². The first kappa shape index (κ1) is 15.2. The fourth-order valence-corrected chi connectivity index (χ4v) is 3.62. The molecule has 1 aliphatic carbocycles. The maximum atomic E-state index is 11.1. The zero-order valence-corrected chi connectivity index (χ0v) is 11.9. The minimum absolute atomic E-state index is 0.102. The summed E-state index contributed by atoms with van der Waals surface area (Å²) in [5, 5.41) is 0. The van der Waals surface area contributed by atoms with Crippen LogP contribution in [0.4, 0.5) is 0 Å². The summed E-state index contributed by atoms with van der Waals surface area (Å²) in [6.07, 6.45) is 5.74. The normalized spacial score (nSPS) is 32.4. The monoisotopic (exact) mass is 264 g/mol. The van der Waals surface area contributed by atoms with Crippen molar-refractivity contribution in [1.82, 2.24) is 0 Å². The molecule has 0 heterocycles. The molecule has 4 nitrogen and oxygen atoms in total. The molecule has 0 saturated heterocycles. The van der Waals surface area contributed by atoms with E-state index in [0.717, 1.165) is 25.7 Å². The van der Waals surface area contributed by atoms with E-state index in [2.05, 4.69) is 13.8 Å². The van der Waals surface area contributed by atoms with Gasteiger partial charge in [-0.3, -0.25) is 4.52 Å². The van der Waals surface area contributed by atoms with Gasteiger partial charge in [-0.15, -0.1) is 0 Å². The zero-order chi connectivity index (χ0) is 13.1. The lowest BCUT2D eigenvalue weighted by molar-refractivity contribution is -0.0301. The van der Waals surface area contributed by atoms with Gasteiger partial charge in [-0.05, 0) is 24.2 Å².